The van der Waals surface area contributed by atoms with Crippen molar-refractivity contribution in [3.05, 3.63) is 35.0 Å². The van der Waals surface area contributed by atoms with Gasteiger partial charge in [0.25, 0.3) is 0 Å². The number of hydrogen-bond acceptors (Lipinski definition) is 2. The molecular weight excluding hydrogens is 228 g/mol. The van der Waals surface area contributed by atoms with Gasteiger partial charge in [0.2, 0.25) is 0 Å². The highest BCUT2D eigenvalue weighted by Gasteiger charge is 2.15. The molecule has 0 fully saturated rings. The molecule has 0 aliphatic rings. The Kier molecular flexibility index (Phi) is 2.85. The number of carboxylic acid groups (broad SMARTS) is 1. The average Bonchev–Trinajstić information content (AvgIpc) is 2.63. The van der Waals surface area contributed by atoms with Crippen molar-refractivity contribution < 1.29 is 9.90 Å². The molecule has 2 rings (SSSR count). The van der Waals surface area contributed by atoms with Gasteiger partial charge in [-0.15, -0.1) is 0 Å². The van der Waals surface area contributed by atoms with Crippen LogP contribution in [0.25, 0.3) is 10.9 Å². The number of aromatic nitrogens is 1. The van der Waals surface area contributed by atoms with Gasteiger partial charge in [0.05, 0.1) is 10.5 Å². The molecule has 0 radical (unpaired) electrons. The summed E-state index contributed by atoms with van der Waals surface area (Å²) in [6, 6.07) is 4.61. The molecule has 0 saturated heterocycles. The van der Waals surface area contributed by atoms with Gasteiger partial charge in [0.1, 0.15) is 6.04 Å². The first-order valence-electron chi connectivity index (χ1n) is 4.82. The molecule has 1 atom stereocenters. The number of halogens is 1. The third-order valence-electron chi connectivity index (χ3n) is 2.51. The number of carboxylic acids is 1. The van der Waals surface area contributed by atoms with Crippen LogP contribution in [0.1, 0.15) is 5.56 Å². The number of nitrogens with two attached hydrogens (primary N) is 1. The quantitative estimate of drug-likeness (QED) is 0.763. The Bertz CT molecular complexity index is 536. The lowest BCUT2D eigenvalue weighted by Gasteiger charge is -2.04. The van der Waals surface area contributed by atoms with Crippen molar-refractivity contribution >= 4 is 28.5 Å². The molecule has 0 spiro atoms. The number of aliphatic carboxylic acids is 1. The largest absolute Gasteiger partial charge is 0.480 e. The van der Waals surface area contributed by atoms with Crippen molar-refractivity contribution in [1.82, 2.24) is 4.98 Å². The number of rotatable bonds is 3. The van der Waals surface area contributed by atoms with Crippen molar-refractivity contribution in [2.75, 3.05) is 0 Å². The second-order valence-electron chi connectivity index (χ2n) is 3.63. The molecule has 0 bridgehead atoms. The summed E-state index contributed by atoms with van der Waals surface area (Å²) < 4.78 is 0. The molecule has 4 nitrogen and oxygen atoms in total. The third-order valence-corrected chi connectivity index (χ3v) is 2.82. The molecule has 1 heterocycles. The maximum atomic E-state index is 10.7. The van der Waals surface area contributed by atoms with Crippen LogP contribution in [0.2, 0.25) is 5.02 Å². The van der Waals surface area contributed by atoms with Gasteiger partial charge >= 0.3 is 5.97 Å². The molecular formula is C11H11ClN2O2. The average molecular weight is 239 g/mol. The van der Waals surface area contributed by atoms with E-state index in [1.807, 2.05) is 12.1 Å². The van der Waals surface area contributed by atoms with E-state index in [0.717, 1.165) is 16.5 Å². The topological polar surface area (TPSA) is 79.1 Å². The van der Waals surface area contributed by atoms with E-state index in [1.54, 1.807) is 12.3 Å². The molecule has 0 amide bonds. The number of H-pyrrole nitrogens is 1. The zero-order valence-corrected chi connectivity index (χ0v) is 9.16. The van der Waals surface area contributed by atoms with Crippen LogP contribution >= 0.6 is 11.6 Å². The fourth-order valence-corrected chi connectivity index (χ4v) is 1.90. The van der Waals surface area contributed by atoms with Crippen LogP contribution < -0.4 is 5.73 Å². The molecule has 0 unspecified atom stereocenters. The van der Waals surface area contributed by atoms with Gasteiger partial charge < -0.3 is 15.8 Å². The maximum absolute atomic E-state index is 10.7. The Morgan fingerprint density at radius 3 is 3.00 bits per heavy atom. The second kappa shape index (κ2) is 4.15. The molecule has 0 aliphatic carbocycles. The molecule has 84 valence electrons. The van der Waals surface area contributed by atoms with Crippen molar-refractivity contribution in [3.8, 4) is 0 Å². The van der Waals surface area contributed by atoms with Crippen LogP contribution in [0.15, 0.2) is 24.4 Å². The Balaban J connectivity index is 2.39. The summed E-state index contributed by atoms with van der Waals surface area (Å²) in [5, 5.41) is 10.3. The molecule has 16 heavy (non-hydrogen) atoms. The third kappa shape index (κ3) is 1.89. The minimum absolute atomic E-state index is 0.287. The predicted octanol–water partition coefficient (Wildman–Crippen LogP) is 1.78. The first kappa shape index (κ1) is 11.0. The Morgan fingerprint density at radius 2 is 2.31 bits per heavy atom. The van der Waals surface area contributed by atoms with Crippen LogP contribution in [-0.4, -0.2) is 22.1 Å². The summed E-state index contributed by atoms with van der Waals surface area (Å²) in [4.78, 5) is 13.7. The number of fused-ring (bicyclic) bond motifs is 1. The van der Waals surface area contributed by atoms with Gasteiger partial charge in [-0.1, -0.05) is 23.7 Å². The van der Waals surface area contributed by atoms with Crippen LogP contribution in [0, 0.1) is 0 Å². The highest BCUT2D eigenvalue weighted by Crippen LogP contribution is 2.25. The molecule has 4 N–H and O–H groups in total. The summed E-state index contributed by atoms with van der Waals surface area (Å²) >= 11 is 5.99. The minimum atomic E-state index is -1.00. The van der Waals surface area contributed by atoms with E-state index in [2.05, 4.69) is 4.98 Å². The van der Waals surface area contributed by atoms with Gasteiger partial charge in [-0.25, -0.2) is 0 Å². The number of nitrogens with one attached hydrogen (secondary N) is 1. The smallest absolute Gasteiger partial charge is 0.320 e. The predicted molar refractivity (Wildman–Crippen MR) is 62.6 cm³/mol. The maximum Gasteiger partial charge on any atom is 0.320 e. The Labute approximate surface area is 97.0 Å². The van der Waals surface area contributed by atoms with Gasteiger partial charge in [-0.05, 0) is 11.6 Å². The van der Waals surface area contributed by atoms with E-state index in [9.17, 15) is 4.79 Å². The first-order valence-corrected chi connectivity index (χ1v) is 5.20. The summed E-state index contributed by atoms with van der Waals surface area (Å²) in [7, 11) is 0. The van der Waals surface area contributed by atoms with Crippen LogP contribution in [0.5, 0.6) is 0 Å². The van der Waals surface area contributed by atoms with Crippen molar-refractivity contribution in [3.63, 3.8) is 0 Å². The zero-order chi connectivity index (χ0) is 11.7. The van der Waals surface area contributed by atoms with E-state index in [0.29, 0.717) is 5.02 Å². The van der Waals surface area contributed by atoms with E-state index in [-0.39, 0.29) is 6.42 Å². The number of benzene rings is 1. The highest BCUT2D eigenvalue weighted by molar-refractivity contribution is 6.35. The minimum Gasteiger partial charge on any atom is -0.480 e. The summed E-state index contributed by atoms with van der Waals surface area (Å²) in [5.74, 6) is -1.00. The first-order chi connectivity index (χ1) is 7.59. The van der Waals surface area contributed by atoms with Gasteiger partial charge in [0.15, 0.2) is 0 Å². The fraction of sp³-hybridized carbons (Fsp3) is 0.182. The SMILES string of the molecule is N[C@@H](Cc1c[nH]c2c(Cl)cccc12)C(=O)O. The van der Waals surface area contributed by atoms with Crippen molar-refractivity contribution in [2.24, 2.45) is 5.73 Å². The lowest BCUT2D eigenvalue weighted by Crippen LogP contribution is -2.32. The fourth-order valence-electron chi connectivity index (χ4n) is 1.67. The molecule has 1 aromatic heterocycles. The molecule has 2 aromatic rings. The number of aromatic amines is 1. The summed E-state index contributed by atoms with van der Waals surface area (Å²) in [6.07, 6.45) is 2.04. The van der Waals surface area contributed by atoms with Crippen molar-refractivity contribution in [1.29, 1.82) is 0 Å². The number of hydrogen-bond donors (Lipinski definition) is 3. The summed E-state index contributed by atoms with van der Waals surface area (Å²) in [5.41, 5.74) is 7.17. The zero-order valence-electron chi connectivity index (χ0n) is 8.40. The van der Waals surface area contributed by atoms with Gasteiger partial charge in [-0.2, -0.15) is 0 Å². The number of para-hydroxylation sites is 1. The lowest BCUT2D eigenvalue weighted by molar-refractivity contribution is -0.138. The van der Waals surface area contributed by atoms with Crippen molar-refractivity contribution in [2.45, 2.75) is 12.5 Å². The monoisotopic (exact) mass is 238 g/mol. The van der Waals surface area contributed by atoms with E-state index >= 15 is 0 Å². The highest BCUT2D eigenvalue weighted by atomic mass is 35.5. The number of carbonyl (C=O) groups is 1. The molecule has 1 aromatic carbocycles. The molecule has 0 saturated carbocycles. The van der Waals surface area contributed by atoms with Gasteiger partial charge in [-0.3, -0.25) is 4.79 Å². The van der Waals surface area contributed by atoms with E-state index < -0.39 is 12.0 Å². The van der Waals surface area contributed by atoms with E-state index in [4.69, 9.17) is 22.4 Å². The molecule has 0 aliphatic heterocycles. The van der Waals surface area contributed by atoms with Gasteiger partial charge in [0, 0.05) is 18.0 Å². The lowest BCUT2D eigenvalue weighted by atomic mass is 10.1. The van der Waals surface area contributed by atoms with E-state index in [1.165, 1.54) is 0 Å². The second-order valence-corrected chi connectivity index (χ2v) is 4.03. The standard InChI is InChI=1S/C11H11ClN2O2/c12-8-3-1-2-7-6(5-14-10(7)8)4-9(13)11(15)16/h1-3,5,9,14H,4,13H2,(H,15,16)/t9-/m0/s1. The molecule has 5 heteroatoms. The Morgan fingerprint density at radius 1 is 1.56 bits per heavy atom. The normalized spacial score (nSPS) is 12.9. The van der Waals surface area contributed by atoms with Crippen LogP contribution in [0.4, 0.5) is 0 Å². The van der Waals surface area contributed by atoms with Crippen LogP contribution in [-0.2, 0) is 11.2 Å². The summed E-state index contributed by atoms with van der Waals surface area (Å²) in [6.45, 7) is 0. The van der Waals surface area contributed by atoms with Crippen LogP contribution in [0.3, 0.4) is 0 Å². The Hall–Kier alpha value is -1.52.